The van der Waals surface area contributed by atoms with E-state index >= 15 is 0 Å². The third kappa shape index (κ3) is 4.25. The molecular formula is C26H31F3. The van der Waals surface area contributed by atoms with Gasteiger partial charge in [0.1, 0.15) is 5.82 Å². The molecule has 0 unspecified atom stereocenters. The highest BCUT2D eigenvalue weighted by atomic mass is 19.2. The Morgan fingerprint density at radius 3 is 1.97 bits per heavy atom. The van der Waals surface area contributed by atoms with E-state index in [2.05, 4.69) is 6.92 Å². The summed E-state index contributed by atoms with van der Waals surface area (Å²) in [5.74, 6) is 0.524. The monoisotopic (exact) mass is 400 g/mol. The molecule has 0 aliphatic heterocycles. The lowest BCUT2D eigenvalue weighted by atomic mass is 9.68. The second-order valence-corrected chi connectivity index (χ2v) is 9.43. The van der Waals surface area contributed by atoms with Gasteiger partial charge >= 0.3 is 0 Å². The minimum absolute atomic E-state index is 0.0899. The maximum Gasteiger partial charge on any atom is 0.166 e. The highest BCUT2D eigenvalue weighted by Gasteiger charge is 2.32. The van der Waals surface area contributed by atoms with Crippen LogP contribution in [-0.4, -0.2) is 0 Å². The van der Waals surface area contributed by atoms with Crippen LogP contribution in [-0.2, 0) is 0 Å². The molecule has 0 saturated heterocycles. The van der Waals surface area contributed by atoms with E-state index in [4.69, 9.17) is 0 Å². The molecule has 0 radical (unpaired) electrons. The quantitative estimate of drug-likeness (QED) is 0.487. The van der Waals surface area contributed by atoms with Crippen molar-refractivity contribution in [3.63, 3.8) is 0 Å². The van der Waals surface area contributed by atoms with Gasteiger partial charge in [-0.3, -0.25) is 0 Å². The molecule has 29 heavy (non-hydrogen) atoms. The summed E-state index contributed by atoms with van der Waals surface area (Å²) in [6.45, 7) is 4.00. The third-order valence-electron chi connectivity index (χ3n) is 7.53. The zero-order valence-corrected chi connectivity index (χ0v) is 17.5. The minimum atomic E-state index is -0.853. The van der Waals surface area contributed by atoms with E-state index in [0.29, 0.717) is 16.7 Å². The predicted molar refractivity (Wildman–Crippen MR) is 112 cm³/mol. The lowest BCUT2D eigenvalue weighted by Gasteiger charge is -2.37. The number of halogens is 3. The van der Waals surface area contributed by atoms with Crippen LogP contribution in [0, 0.1) is 42.1 Å². The van der Waals surface area contributed by atoms with Crippen LogP contribution in [0.3, 0.4) is 0 Å². The standard InChI is InChI=1S/C26H31F3/c1-16-3-6-18(7-4-16)19-9-11-20(12-10-19)22-13-14-23(26(29)25(22)28)21-8-5-17(2)24(27)15-21/h5,8,13-16,18-20H,3-4,6-7,9-12H2,1-2H3. The molecule has 0 atom stereocenters. The van der Waals surface area contributed by atoms with Gasteiger partial charge in [-0.1, -0.05) is 44.0 Å². The van der Waals surface area contributed by atoms with E-state index < -0.39 is 17.5 Å². The average molecular weight is 401 g/mol. The van der Waals surface area contributed by atoms with Gasteiger partial charge in [0.15, 0.2) is 11.6 Å². The molecule has 2 aliphatic rings. The molecule has 0 spiro atoms. The van der Waals surface area contributed by atoms with Crippen molar-refractivity contribution >= 4 is 0 Å². The first-order chi connectivity index (χ1) is 13.9. The molecule has 0 N–H and O–H groups in total. The molecule has 3 heteroatoms. The molecule has 2 aliphatic carbocycles. The van der Waals surface area contributed by atoms with Crippen LogP contribution in [0.15, 0.2) is 30.3 Å². The van der Waals surface area contributed by atoms with E-state index in [1.54, 1.807) is 31.2 Å². The average Bonchev–Trinajstić information content (AvgIpc) is 2.73. The number of hydrogen-bond acceptors (Lipinski definition) is 0. The largest absolute Gasteiger partial charge is 0.207 e. The Morgan fingerprint density at radius 2 is 1.34 bits per heavy atom. The van der Waals surface area contributed by atoms with Gasteiger partial charge in [-0.25, -0.2) is 13.2 Å². The molecular weight excluding hydrogens is 369 g/mol. The van der Waals surface area contributed by atoms with Crippen molar-refractivity contribution in [3.8, 4) is 11.1 Å². The van der Waals surface area contributed by atoms with Crippen molar-refractivity contribution in [2.24, 2.45) is 17.8 Å². The highest BCUT2D eigenvalue weighted by molar-refractivity contribution is 5.65. The summed E-state index contributed by atoms with van der Waals surface area (Å²) in [4.78, 5) is 0. The zero-order valence-electron chi connectivity index (χ0n) is 17.5. The fourth-order valence-electron chi connectivity index (χ4n) is 5.52. The van der Waals surface area contributed by atoms with Crippen molar-refractivity contribution < 1.29 is 13.2 Å². The van der Waals surface area contributed by atoms with E-state index in [1.807, 2.05) is 0 Å². The van der Waals surface area contributed by atoms with Gasteiger partial charge in [-0.2, -0.15) is 0 Å². The molecule has 156 valence electrons. The maximum absolute atomic E-state index is 14.9. The van der Waals surface area contributed by atoms with Crippen LogP contribution >= 0.6 is 0 Å². The Balaban J connectivity index is 1.47. The summed E-state index contributed by atoms with van der Waals surface area (Å²) < 4.78 is 43.6. The summed E-state index contributed by atoms with van der Waals surface area (Å²) in [5, 5.41) is 0. The van der Waals surface area contributed by atoms with Crippen LogP contribution in [0.1, 0.15) is 75.3 Å². The Kier molecular flexibility index (Phi) is 6.03. The number of benzene rings is 2. The van der Waals surface area contributed by atoms with Crippen LogP contribution < -0.4 is 0 Å². The van der Waals surface area contributed by atoms with Crippen molar-refractivity contribution in [3.05, 3.63) is 58.9 Å². The van der Waals surface area contributed by atoms with Crippen molar-refractivity contribution in [1.82, 2.24) is 0 Å². The SMILES string of the molecule is Cc1ccc(-c2ccc(C3CCC(C4CCC(C)CC4)CC3)c(F)c2F)cc1F. The van der Waals surface area contributed by atoms with Crippen molar-refractivity contribution in [1.29, 1.82) is 0 Å². The number of aryl methyl sites for hydroxylation is 1. The molecule has 4 rings (SSSR count). The Bertz CT molecular complexity index is 856. The van der Waals surface area contributed by atoms with Crippen LogP contribution in [0.25, 0.3) is 11.1 Å². The molecule has 0 nitrogen and oxygen atoms in total. The van der Waals surface area contributed by atoms with E-state index in [-0.39, 0.29) is 11.5 Å². The molecule has 2 aromatic rings. The van der Waals surface area contributed by atoms with Gasteiger partial charge in [0.2, 0.25) is 0 Å². The van der Waals surface area contributed by atoms with Gasteiger partial charge in [-0.15, -0.1) is 0 Å². The van der Waals surface area contributed by atoms with Crippen LogP contribution in [0.4, 0.5) is 13.2 Å². The summed E-state index contributed by atoms with van der Waals surface area (Å²) in [5.41, 5.74) is 1.51. The molecule has 0 amide bonds. The van der Waals surface area contributed by atoms with Crippen LogP contribution in [0.5, 0.6) is 0 Å². The van der Waals surface area contributed by atoms with Crippen molar-refractivity contribution in [2.45, 2.75) is 71.1 Å². The lowest BCUT2D eigenvalue weighted by molar-refractivity contribution is 0.164. The Labute approximate surface area is 172 Å². The van der Waals surface area contributed by atoms with Crippen molar-refractivity contribution in [2.75, 3.05) is 0 Å². The fourth-order valence-corrected chi connectivity index (χ4v) is 5.52. The van der Waals surface area contributed by atoms with E-state index in [0.717, 1.165) is 43.4 Å². The van der Waals surface area contributed by atoms with E-state index in [1.165, 1.54) is 31.7 Å². The predicted octanol–water partition coefficient (Wildman–Crippen LogP) is 8.18. The highest BCUT2D eigenvalue weighted by Crippen LogP contribution is 2.44. The molecule has 2 saturated carbocycles. The summed E-state index contributed by atoms with van der Waals surface area (Å²) >= 11 is 0. The lowest BCUT2D eigenvalue weighted by Crippen LogP contribution is -2.25. The zero-order chi connectivity index (χ0) is 20.5. The smallest absolute Gasteiger partial charge is 0.166 e. The Morgan fingerprint density at radius 1 is 0.724 bits per heavy atom. The first-order valence-electron chi connectivity index (χ1n) is 11.2. The second-order valence-electron chi connectivity index (χ2n) is 9.43. The third-order valence-corrected chi connectivity index (χ3v) is 7.53. The minimum Gasteiger partial charge on any atom is -0.207 e. The van der Waals surface area contributed by atoms with Gasteiger partial charge < -0.3 is 0 Å². The molecule has 2 aromatic carbocycles. The van der Waals surface area contributed by atoms with Gasteiger partial charge in [0.25, 0.3) is 0 Å². The van der Waals surface area contributed by atoms with Gasteiger partial charge in [0, 0.05) is 5.56 Å². The maximum atomic E-state index is 14.9. The molecule has 0 heterocycles. The number of rotatable bonds is 3. The summed E-state index contributed by atoms with van der Waals surface area (Å²) in [6.07, 6.45) is 9.46. The molecule has 0 aromatic heterocycles. The molecule has 0 bridgehead atoms. The van der Waals surface area contributed by atoms with Gasteiger partial charge in [0.05, 0.1) is 0 Å². The first-order valence-corrected chi connectivity index (χ1v) is 11.2. The first kappa shape index (κ1) is 20.5. The fraction of sp³-hybridized carbons (Fsp3) is 0.538. The Hall–Kier alpha value is -1.77. The topological polar surface area (TPSA) is 0 Å². The second kappa shape index (κ2) is 8.53. The summed E-state index contributed by atoms with van der Waals surface area (Å²) in [6, 6.07) is 7.86. The normalized spacial score (nSPS) is 27.8. The molecule has 2 fully saturated rings. The van der Waals surface area contributed by atoms with Gasteiger partial charge in [-0.05, 0) is 91.9 Å². The van der Waals surface area contributed by atoms with Crippen LogP contribution in [0.2, 0.25) is 0 Å². The van der Waals surface area contributed by atoms with E-state index in [9.17, 15) is 13.2 Å². The summed E-state index contributed by atoms with van der Waals surface area (Å²) in [7, 11) is 0. The number of hydrogen-bond donors (Lipinski definition) is 0.